The van der Waals surface area contributed by atoms with Gasteiger partial charge in [-0.25, -0.2) is 9.18 Å². The van der Waals surface area contributed by atoms with E-state index in [4.69, 9.17) is 17.3 Å². The van der Waals surface area contributed by atoms with Crippen LogP contribution in [0.3, 0.4) is 0 Å². The van der Waals surface area contributed by atoms with Crippen molar-refractivity contribution in [2.75, 3.05) is 7.05 Å². The third kappa shape index (κ3) is 4.18. The summed E-state index contributed by atoms with van der Waals surface area (Å²) in [6.07, 6.45) is 0. The lowest BCUT2D eigenvalue weighted by Gasteiger charge is -2.23. The van der Waals surface area contributed by atoms with Crippen molar-refractivity contribution in [3.63, 3.8) is 0 Å². The predicted molar refractivity (Wildman–Crippen MR) is 70.1 cm³/mol. The smallest absolute Gasteiger partial charge is 0.318 e. The van der Waals surface area contributed by atoms with Crippen molar-refractivity contribution in [2.45, 2.75) is 19.5 Å². The topological polar surface area (TPSA) is 75.4 Å². The van der Waals surface area contributed by atoms with E-state index in [1.807, 2.05) is 5.32 Å². The van der Waals surface area contributed by atoms with Gasteiger partial charge < -0.3 is 5.73 Å². The first-order valence-corrected chi connectivity index (χ1v) is 5.94. The molecule has 1 aromatic rings. The number of urea groups is 1. The van der Waals surface area contributed by atoms with Gasteiger partial charge in [0, 0.05) is 17.1 Å². The highest BCUT2D eigenvalue weighted by atomic mass is 35.5. The van der Waals surface area contributed by atoms with Gasteiger partial charge in [0.05, 0.1) is 6.04 Å². The molecular weight excluding hydrogens is 273 g/mol. The number of carbonyl (C=O) groups excluding carboxylic acids is 2. The molecule has 3 N–H and O–H groups in total. The first-order chi connectivity index (χ1) is 8.82. The fourth-order valence-electron chi connectivity index (χ4n) is 1.50. The van der Waals surface area contributed by atoms with Crippen molar-refractivity contribution in [2.24, 2.45) is 5.73 Å². The van der Waals surface area contributed by atoms with E-state index in [9.17, 15) is 14.0 Å². The molecule has 0 aromatic heterocycles. The Morgan fingerprint density at radius 1 is 1.53 bits per heavy atom. The number of hydrogen-bond donors (Lipinski definition) is 2. The lowest BCUT2D eigenvalue weighted by atomic mass is 10.1. The van der Waals surface area contributed by atoms with Crippen LogP contribution in [0.2, 0.25) is 5.02 Å². The molecule has 0 aliphatic rings. The average Bonchev–Trinajstić information content (AvgIpc) is 2.32. The molecule has 1 aromatic carbocycles. The Balaban J connectivity index is 2.76. The molecule has 1 rings (SSSR count). The van der Waals surface area contributed by atoms with Crippen LogP contribution in [0.25, 0.3) is 0 Å². The SMILES string of the molecule is C[C@@H](C(=O)NC(N)=O)N(C)Cc1c(F)cccc1Cl. The molecule has 0 fully saturated rings. The Morgan fingerprint density at radius 3 is 2.68 bits per heavy atom. The van der Waals surface area contributed by atoms with E-state index in [1.165, 1.54) is 12.1 Å². The number of likely N-dealkylation sites (N-methyl/N-ethyl adjacent to an activating group) is 1. The van der Waals surface area contributed by atoms with Crippen molar-refractivity contribution < 1.29 is 14.0 Å². The number of amides is 3. The third-order valence-corrected chi connectivity index (χ3v) is 3.11. The van der Waals surface area contributed by atoms with E-state index in [-0.39, 0.29) is 11.6 Å². The standard InChI is InChI=1S/C12H15ClFN3O2/c1-7(11(18)16-12(15)19)17(2)6-8-9(13)4-3-5-10(8)14/h3-5,7H,6H2,1-2H3,(H3,15,16,18,19)/t7-/m0/s1. The summed E-state index contributed by atoms with van der Waals surface area (Å²) in [7, 11) is 1.62. The van der Waals surface area contributed by atoms with Gasteiger partial charge in [0.15, 0.2) is 0 Å². The normalized spacial score (nSPS) is 12.3. The van der Waals surface area contributed by atoms with Gasteiger partial charge in [0.1, 0.15) is 5.82 Å². The maximum absolute atomic E-state index is 13.6. The van der Waals surface area contributed by atoms with Crippen molar-refractivity contribution in [3.8, 4) is 0 Å². The predicted octanol–water partition coefficient (Wildman–Crippen LogP) is 1.49. The maximum Gasteiger partial charge on any atom is 0.318 e. The second-order valence-electron chi connectivity index (χ2n) is 4.14. The first kappa shape index (κ1) is 15.4. The molecule has 5 nitrogen and oxygen atoms in total. The number of nitrogens with zero attached hydrogens (tertiary/aromatic N) is 1. The molecule has 0 aliphatic carbocycles. The fourth-order valence-corrected chi connectivity index (χ4v) is 1.72. The lowest BCUT2D eigenvalue weighted by molar-refractivity contribution is -0.124. The van der Waals surface area contributed by atoms with Crippen molar-refractivity contribution in [1.29, 1.82) is 0 Å². The van der Waals surface area contributed by atoms with Crippen LogP contribution in [-0.4, -0.2) is 29.9 Å². The molecule has 0 spiro atoms. The van der Waals surface area contributed by atoms with Crippen LogP contribution >= 0.6 is 11.6 Å². The lowest BCUT2D eigenvalue weighted by Crippen LogP contribution is -2.46. The summed E-state index contributed by atoms with van der Waals surface area (Å²) in [6, 6.07) is 2.80. The van der Waals surface area contributed by atoms with E-state index >= 15 is 0 Å². The monoisotopic (exact) mass is 287 g/mol. The molecule has 0 saturated carbocycles. The molecule has 0 aliphatic heterocycles. The zero-order chi connectivity index (χ0) is 14.6. The van der Waals surface area contributed by atoms with Crippen LogP contribution in [0.4, 0.5) is 9.18 Å². The highest BCUT2D eigenvalue weighted by Crippen LogP contribution is 2.20. The summed E-state index contributed by atoms with van der Waals surface area (Å²) in [5, 5.41) is 2.26. The number of nitrogens with two attached hydrogens (primary N) is 1. The Bertz CT molecular complexity index is 476. The minimum Gasteiger partial charge on any atom is -0.351 e. The molecule has 1 atom stereocenters. The minimum atomic E-state index is -0.922. The number of primary amides is 1. The molecule has 0 heterocycles. The highest BCUT2D eigenvalue weighted by molar-refractivity contribution is 6.31. The molecule has 104 valence electrons. The molecule has 0 saturated heterocycles. The van der Waals surface area contributed by atoms with Gasteiger partial charge in [-0.15, -0.1) is 0 Å². The number of carbonyl (C=O) groups is 2. The van der Waals surface area contributed by atoms with Gasteiger partial charge >= 0.3 is 6.03 Å². The molecule has 0 unspecified atom stereocenters. The van der Waals surface area contributed by atoms with Gasteiger partial charge in [0.2, 0.25) is 5.91 Å². The van der Waals surface area contributed by atoms with Crippen molar-refractivity contribution >= 4 is 23.5 Å². The van der Waals surface area contributed by atoms with Crippen LogP contribution in [0.15, 0.2) is 18.2 Å². The van der Waals surface area contributed by atoms with E-state index in [0.717, 1.165) is 0 Å². The Kier molecular flexibility index (Phi) is 5.26. The first-order valence-electron chi connectivity index (χ1n) is 5.56. The third-order valence-electron chi connectivity index (χ3n) is 2.76. The van der Waals surface area contributed by atoms with Crippen molar-refractivity contribution in [3.05, 3.63) is 34.6 Å². The van der Waals surface area contributed by atoms with E-state index in [0.29, 0.717) is 5.56 Å². The highest BCUT2D eigenvalue weighted by Gasteiger charge is 2.21. The summed E-state index contributed by atoms with van der Waals surface area (Å²) in [6.45, 7) is 1.71. The van der Waals surface area contributed by atoms with Crippen LogP contribution in [0.1, 0.15) is 12.5 Å². The second-order valence-corrected chi connectivity index (χ2v) is 4.55. The summed E-state index contributed by atoms with van der Waals surface area (Å²) in [5.74, 6) is -0.996. The summed E-state index contributed by atoms with van der Waals surface area (Å²) in [5.41, 5.74) is 5.16. The number of rotatable bonds is 4. The molecule has 19 heavy (non-hydrogen) atoms. The number of nitrogens with one attached hydrogen (secondary N) is 1. The van der Waals surface area contributed by atoms with Crippen molar-refractivity contribution in [1.82, 2.24) is 10.2 Å². The molecule has 3 amide bonds. The average molecular weight is 288 g/mol. The molecule has 0 radical (unpaired) electrons. The molecular formula is C12H15ClFN3O2. The zero-order valence-corrected chi connectivity index (χ0v) is 11.4. The summed E-state index contributed by atoms with van der Waals surface area (Å²) >= 11 is 5.90. The summed E-state index contributed by atoms with van der Waals surface area (Å²) in [4.78, 5) is 23.7. The van der Waals surface area contributed by atoms with Gasteiger partial charge in [0.25, 0.3) is 0 Å². The Hall–Kier alpha value is -1.66. The fraction of sp³-hybridized carbons (Fsp3) is 0.333. The van der Waals surface area contributed by atoms with Crippen LogP contribution in [0.5, 0.6) is 0 Å². The number of benzene rings is 1. The molecule has 0 bridgehead atoms. The minimum absolute atomic E-state index is 0.138. The van der Waals surface area contributed by atoms with Crippen LogP contribution in [-0.2, 0) is 11.3 Å². The Labute approximate surface area is 115 Å². The van der Waals surface area contributed by atoms with Gasteiger partial charge in [-0.1, -0.05) is 17.7 Å². The van der Waals surface area contributed by atoms with E-state index in [1.54, 1.807) is 24.9 Å². The maximum atomic E-state index is 13.6. The van der Waals surface area contributed by atoms with Crippen LogP contribution < -0.4 is 11.1 Å². The number of halogens is 2. The quantitative estimate of drug-likeness (QED) is 0.881. The van der Waals surface area contributed by atoms with Gasteiger partial charge in [-0.05, 0) is 26.1 Å². The largest absolute Gasteiger partial charge is 0.351 e. The number of imide groups is 1. The number of hydrogen-bond acceptors (Lipinski definition) is 3. The zero-order valence-electron chi connectivity index (χ0n) is 10.6. The second kappa shape index (κ2) is 6.49. The van der Waals surface area contributed by atoms with Crippen LogP contribution in [0, 0.1) is 5.82 Å². The molecule has 7 heteroatoms. The Morgan fingerprint density at radius 2 is 2.16 bits per heavy atom. The van der Waals surface area contributed by atoms with E-state index in [2.05, 4.69) is 0 Å². The van der Waals surface area contributed by atoms with Gasteiger partial charge in [-0.2, -0.15) is 0 Å². The van der Waals surface area contributed by atoms with E-state index < -0.39 is 23.8 Å². The van der Waals surface area contributed by atoms with Gasteiger partial charge in [-0.3, -0.25) is 15.0 Å². The summed E-state index contributed by atoms with van der Waals surface area (Å²) < 4.78 is 13.6.